The van der Waals surface area contributed by atoms with Crippen LogP contribution in [0.5, 0.6) is 0 Å². The highest BCUT2D eigenvalue weighted by Crippen LogP contribution is 2.23. The Labute approximate surface area is 156 Å². The summed E-state index contributed by atoms with van der Waals surface area (Å²) in [5.41, 5.74) is 2.51. The number of benzene rings is 1. The lowest BCUT2D eigenvalue weighted by Gasteiger charge is -2.19. The van der Waals surface area contributed by atoms with Crippen LogP contribution >= 0.6 is 15.9 Å². The number of hydrogen-bond donors (Lipinski definition) is 1. The number of sulfonamides is 1. The maximum absolute atomic E-state index is 12.5. The standard InChI is InChI=1S/C18H20BrN3O2S/c1-18(2,3)13-4-7-16(8-5-13)25(23,24)20-10-15-12-22-11-14(19)6-9-17(22)21-15/h4-9,11-12,20H,10H2,1-3H3. The third-order valence-corrected chi connectivity index (χ3v) is 5.83. The molecule has 3 aromatic rings. The number of nitrogens with zero attached hydrogens (tertiary/aromatic N) is 2. The zero-order chi connectivity index (χ0) is 18.2. The van der Waals surface area contributed by atoms with Crippen LogP contribution in [0.2, 0.25) is 0 Å². The molecule has 0 saturated carbocycles. The SMILES string of the molecule is CC(C)(C)c1ccc(S(=O)(=O)NCc2cn3cc(Br)ccc3n2)cc1. The molecule has 0 atom stereocenters. The molecule has 0 spiro atoms. The van der Waals surface area contributed by atoms with Gasteiger partial charge in [0, 0.05) is 16.9 Å². The second kappa shape index (κ2) is 6.55. The second-order valence-electron chi connectivity index (χ2n) is 6.94. The fraction of sp³-hybridized carbons (Fsp3) is 0.278. The van der Waals surface area contributed by atoms with Gasteiger partial charge in [0.25, 0.3) is 0 Å². The number of aromatic nitrogens is 2. The van der Waals surface area contributed by atoms with E-state index in [1.807, 2.05) is 41.1 Å². The van der Waals surface area contributed by atoms with Gasteiger partial charge in [-0.05, 0) is 51.2 Å². The molecule has 0 radical (unpaired) electrons. The van der Waals surface area contributed by atoms with Crippen molar-refractivity contribution >= 4 is 31.6 Å². The molecule has 1 aromatic carbocycles. The van der Waals surface area contributed by atoms with Crippen LogP contribution < -0.4 is 4.72 Å². The van der Waals surface area contributed by atoms with Gasteiger partial charge >= 0.3 is 0 Å². The summed E-state index contributed by atoms with van der Waals surface area (Å²) in [6, 6.07) is 10.8. The molecular formula is C18H20BrN3O2S. The van der Waals surface area contributed by atoms with Gasteiger partial charge in [-0.3, -0.25) is 0 Å². The number of halogens is 1. The Hall–Kier alpha value is -1.70. The first kappa shape index (κ1) is 18.1. The van der Waals surface area contributed by atoms with Gasteiger partial charge in [-0.1, -0.05) is 32.9 Å². The highest BCUT2D eigenvalue weighted by atomic mass is 79.9. The predicted octanol–water partition coefficient (Wildman–Crippen LogP) is 3.87. The summed E-state index contributed by atoms with van der Waals surface area (Å²) in [6.07, 6.45) is 3.69. The van der Waals surface area contributed by atoms with Gasteiger partial charge in [0.1, 0.15) is 5.65 Å². The average molecular weight is 422 g/mol. The van der Waals surface area contributed by atoms with Crippen LogP contribution in [-0.2, 0) is 22.0 Å². The van der Waals surface area contributed by atoms with Crippen molar-refractivity contribution in [2.75, 3.05) is 0 Å². The molecular weight excluding hydrogens is 402 g/mol. The van der Waals surface area contributed by atoms with Crippen LogP contribution in [-0.4, -0.2) is 17.8 Å². The minimum Gasteiger partial charge on any atom is -0.306 e. The Morgan fingerprint density at radius 2 is 1.76 bits per heavy atom. The van der Waals surface area contributed by atoms with E-state index in [-0.39, 0.29) is 16.9 Å². The first-order chi connectivity index (χ1) is 11.6. The van der Waals surface area contributed by atoms with E-state index in [1.165, 1.54) is 0 Å². The van der Waals surface area contributed by atoms with Crippen LogP contribution in [0.1, 0.15) is 32.0 Å². The number of hydrogen-bond acceptors (Lipinski definition) is 3. The molecule has 3 rings (SSSR count). The molecule has 1 N–H and O–H groups in total. The van der Waals surface area contributed by atoms with Gasteiger partial charge in [0.15, 0.2) is 0 Å². The van der Waals surface area contributed by atoms with E-state index in [0.717, 1.165) is 15.7 Å². The lowest BCUT2D eigenvalue weighted by molar-refractivity contribution is 0.577. The summed E-state index contributed by atoms with van der Waals surface area (Å²) < 4.78 is 30.4. The van der Waals surface area contributed by atoms with E-state index in [0.29, 0.717) is 5.69 Å². The molecule has 0 bridgehead atoms. The van der Waals surface area contributed by atoms with Crippen molar-refractivity contribution in [3.63, 3.8) is 0 Å². The van der Waals surface area contributed by atoms with Crippen molar-refractivity contribution in [1.82, 2.24) is 14.1 Å². The minimum absolute atomic E-state index is 0.0134. The second-order valence-corrected chi connectivity index (χ2v) is 9.63. The van der Waals surface area contributed by atoms with Crippen molar-refractivity contribution in [2.24, 2.45) is 0 Å². The van der Waals surface area contributed by atoms with E-state index < -0.39 is 10.0 Å². The zero-order valence-corrected chi connectivity index (χ0v) is 16.7. The summed E-state index contributed by atoms with van der Waals surface area (Å²) in [5.74, 6) is 0. The quantitative estimate of drug-likeness (QED) is 0.694. The van der Waals surface area contributed by atoms with Gasteiger partial charge in [0.2, 0.25) is 10.0 Å². The molecule has 25 heavy (non-hydrogen) atoms. The molecule has 0 aliphatic carbocycles. The molecule has 0 fully saturated rings. The Morgan fingerprint density at radius 1 is 1.08 bits per heavy atom. The number of imidazole rings is 1. The summed E-state index contributed by atoms with van der Waals surface area (Å²) >= 11 is 3.40. The summed E-state index contributed by atoms with van der Waals surface area (Å²) in [7, 11) is -3.57. The van der Waals surface area contributed by atoms with Gasteiger partial charge in [-0.2, -0.15) is 0 Å². The molecule has 5 nitrogen and oxygen atoms in total. The first-order valence-corrected chi connectivity index (χ1v) is 10.2. The van der Waals surface area contributed by atoms with Crippen molar-refractivity contribution in [1.29, 1.82) is 0 Å². The average Bonchev–Trinajstić information content (AvgIpc) is 2.94. The van der Waals surface area contributed by atoms with E-state index >= 15 is 0 Å². The Balaban J connectivity index is 1.76. The predicted molar refractivity (Wildman–Crippen MR) is 102 cm³/mol. The lowest BCUT2D eigenvalue weighted by atomic mass is 9.87. The Kier molecular flexibility index (Phi) is 4.74. The summed E-state index contributed by atoms with van der Waals surface area (Å²) in [5, 5.41) is 0. The number of fused-ring (bicyclic) bond motifs is 1. The van der Waals surface area contributed by atoms with Crippen LogP contribution in [0.3, 0.4) is 0 Å². The first-order valence-electron chi connectivity index (χ1n) is 7.88. The normalized spacial score (nSPS) is 12.6. The van der Waals surface area contributed by atoms with E-state index in [4.69, 9.17) is 0 Å². The zero-order valence-electron chi connectivity index (χ0n) is 14.3. The Morgan fingerprint density at radius 3 is 2.40 bits per heavy atom. The maximum Gasteiger partial charge on any atom is 0.240 e. The summed E-state index contributed by atoms with van der Waals surface area (Å²) in [6.45, 7) is 6.42. The Bertz CT molecular complexity index is 1000. The van der Waals surface area contributed by atoms with Crippen LogP contribution in [0.25, 0.3) is 5.65 Å². The van der Waals surface area contributed by atoms with Gasteiger partial charge in [-0.15, -0.1) is 0 Å². The monoisotopic (exact) mass is 421 g/mol. The number of pyridine rings is 1. The minimum atomic E-state index is -3.57. The van der Waals surface area contributed by atoms with E-state index in [1.54, 1.807) is 12.1 Å². The highest BCUT2D eigenvalue weighted by Gasteiger charge is 2.17. The third kappa shape index (κ3) is 4.11. The molecule has 0 amide bonds. The highest BCUT2D eigenvalue weighted by molar-refractivity contribution is 9.10. The fourth-order valence-electron chi connectivity index (χ4n) is 2.49. The maximum atomic E-state index is 12.5. The van der Waals surface area contributed by atoms with Gasteiger partial charge in [0.05, 0.1) is 17.1 Å². The molecule has 0 aliphatic rings. The number of rotatable bonds is 4. The topological polar surface area (TPSA) is 63.5 Å². The van der Waals surface area contributed by atoms with Crippen molar-refractivity contribution in [3.05, 3.63) is 64.5 Å². The van der Waals surface area contributed by atoms with Crippen molar-refractivity contribution in [3.8, 4) is 0 Å². The summed E-state index contributed by atoms with van der Waals surface area (Å²) in [4.78, 5) is 4.67. The molecule has 2 heterocycles. The molecule has 7 heteroatoms. The van der Waals surface area contributed by atoms with Gasteiger partial charge in [-0.25, -0.2) is 18.1 Å². The fourth-order valence-corrected chi connectivity index (χ4v) is 3.84. The molecule has 132 valence electrons. The van der Waals surface area contributed by atoms with Crippen LogP contribution in [0.15, 0.2) is 58.2 Å². The van der Waals surface area contributed by atoms with Gasteiger partial charge < -0.3 is 4.40 Å². The van der Waals surface area contributed by atoms with E-state index in [2.05, 4.69) is 46.4 Å². The lowest BCUT2D eigenvalue weighted by Crippen LogP contribution is -2.23. The largest absolute Gasteiger partial charge is 0.306 e. The molecule has 0 unspecified atom stereocenters. The van der Waals surface area contributed by atoms with Crippen molar-refractivity contribution < 1.29 is 8.42 Å². The smallest absolute Gasteiger partial charge is 0.240 e. The van der Waals surface area contributed by atoms with Crippen molar-refractivity contribution in [2.45, 2.75) is 37.6 Å². The van der Waals surface area contributed by atoms with Crippen LogP contribution in [0.4, 0.5) is 0 Å². The van der Waals surface area contributed by atoms with Crippen LogP contribution in [0, 0.1) is 0 Å². The third-order valence-electron chi connectivity index (χ3n) is 3.94. The molecule has 0 saturated heterocycles. The molecule has 0 aliphatic heterocycles. The molecule has 2 aromatic heterocycles. The van der Waals surface area contributed by atoms with E-state index in [9.17, 15) is 8.42 Å². The number of nitrogens with one attached hydrogen (secondary N) is 1.